The number of hydrazine groups is 1. The molecule has 0 spiro atoms. The molecule has 2 heterocycles. The summed E-state index contributed by atoms with van der Waals surface area (Å²) in [6.07, 6.45) is 1.81. The molecule has 14 heteroatoms. The second kappa shape index (κ2) is 10.4. The highest BCUT2D eigenvalue weighted by atomic mass is 35.5. The second-order valence-electron chi connectivity index (χ2n) is 10.3. The van der Waals surface area contributed by atoms with Crippen molar-refractivity contribution >= 4 is 37.6 Å². The Bertz CT molecular complexity index is 966. The quantitative estimate of drug-likeness (QED) is 0.290. The van der Waals surface area contributed by atoms with Crippen molar-refractivity contribution in [3.63, 3.8) is 0 Å². The Kier molecular flexibility index (Phi) is 8.12. The molecule has 2 aliphatic heterocycles. The molecule has 6 atom stereocenters. The van der Waals surface area contributed by atoms with E-state index in [1.807, 2.05) is 7.05 Å². The second-order valence-corrected chi connectivity index (χ2v) is 14.8. The third-order valence-electron chi connectivity index (χ3n) is 7.72. The van der Waals surface area contributed by atoms with Crippen LogP contribution in [0.4, 0.5) is 4.39 Å². The fraction of sp³-hybridized carbons (Fsp3) is 0.950. The Hall–Kier alpha value is -0.570. The van der Waals surface area contributed by atoms with Crippen LogP contribution in [-0.2, 0) is 24.8 Å². The summed E-state index contributed by atoms with van der Waals surface area (Å²) in [4.78, 5) is 16.9. The van der Waals surface area contributed by atoms with Crippen LogP contribution < -0.4 is 15.6 Å². The maximum atomic E-state index is 14.8. The number of nitrogens with zero attached hydrogens (tertiary/aromatic N) is 2. The molecule has 1 amide bonds. The Morgan fingerprint density at radius 1 is 1.15 bits per heavy atom. The molecule has 2 aliphatic carbocycles. The predicted molar refractivity (Wildman–Crippen MR) is 126 cm³/mol. The molecule has 4 aliphatic rings. The van der Waals surface area contributed by atoms with Crippen LogP contribution in [0.1, 0.15) is 38.5 Å². The van der Waals surface area contributed by atoms with Crippen LogP contribution in [0.5, 0.6) is 0 Å². The number of sulfonamides is 2. The van der Waals surface area contributed by atoms with Crippen LogP contribution in [0, 0.1) is 17.8 Å². The van der Waals surface area contributed by atoms with Crippen molar-refractivity contribution in [1.29, 1.82) is 0 Å². The highest BCUT2D eigenvalue weighted by Crippen LogP contribution is 2.37. The average Bonchev–Trinajstić information content (AvgIpc) is 3.35. The molecule has 6 unspecified atom stereocenters. The van der Waals surface area contributed by atoms with Gasteiger partial charge in [0, 0.05) is 32.3 Å². The summed E-state index contributed by atoms with van der Waals surface area (Å²) in [5, 5.41) is 2.18. The number of carbonyl (C=O) groups is 1. The zero-order valence-corrected chi connectivity index (χ0v) is 21.7. The Balaban J connectivity index is 1.28. The molecule has 4 fully saturated rings. The van der Waals surface area contributed by atoms with Gasteiger partial charge in [0.25, 0.3) is 0 Å². The van der Waals surface area contributed by atoms with E-state index in [0.717, 1.165) is 13.0 Å². The highest BCUT2D eigenvalue weighted by Gasteiger charge is 2.45. The molecule has 0 radical (unpaired) electrons. The monoisotopic (exact) mass is 543 g/mol. The molecule has 2 saturated heterocycles. The van der Waals surface area contributed by atoms with E-state index >= 15 is 0 Å². The van der Waals surface area contributed by atoms with Gasteiger partial charge in [0.05, 0.1) is 22.3 Å². The average molecular weight is 544 g/mol. The van der Waals surface area contributed by atoms with E-state index in [9.17, 15) is 26.0 Å². The van der Waals surface area contributed by atoms with Crippen molar-refractivity contribution in [3.8, 4) is 0 Å². The van der Waals surface area contributed by atoms with Crippen LogP contribution in [-0.4, -0.2) is 93.9 Å². The summed E-state index contributed by atoms with van der Waals surface area (Å²) in [5.74, 6) is -2.46. The summed E-state index contributed by atoms with van der Waals surface area (Å²) in [5.41, 5.74) is 2.18. The van der Waals surface area contributed by atoms with E-state index in [1.165, 1.54) is 4.31 Å². The van der Waals surface area contributed by atoms with E-state index in [0.29, 0.717) is 38.9 Å². The number of alkyl halides is 2. The normalized spacial score (nSPS) is 36.4. The Labute approximate surface area is 206 Å². The zero-order chi connectivity index (χ0) is 24.7. The van der Waals surface area contributed by atoms with Gasteiger partial charge in [-0.15, -0.1) is 16.4 Å². The first-order valence-corrected chi connectivity index (χ1v) is 15.5. The molecule has 196 valence electrons. The lowest BCUT2D eigenvalue weighted by Crippen LogP contribution is -2.52. The van der Waals surface area contributed by atoms with Crippen LogP contribution in [0.15, 0.2) is 0 Å². The molecule has 10 nitrogen and oxygen atoms in total. The van der Waals surface area contributed by atoms with Crippen molar-refractivity contribution in [1.82, 2.24) is 24.8 Å². The van der Waals surface area contributed by atoms with Gasteiger partial charge in [-0.05, 0) is 51.0 Å². The lowest BCUT2D eigenvalue weighted by molar-refractivity contribution is -0.129. The molecule has 0 aromatic carbocycles. The van der Waals surface area contributed by atoms with Crippen molar-refractivity contribution in [2.24, 2.45) is 17.8 Å². The first-order valence-electron chi connectivity index (χ1n) is 11.9. The third-order valence-corrected chi connectivity index (χ3v) is 11.8. The smallest absolute Gasteiger partial charge is 0.241 e. The van der Waals surface area contributed by atoms with Gasteiger partial charge in [0.15, 0.2) is 0 Å². The first kappa shape index (κ1) is 26.5. The molecule has 3 N–H and O–H groups in total. The lowest BCUT2D eigenvalue weighted by Gasteiger charge is -2.37. The number of likely N-dealkylation sites (N-methyl/N-ethyl adjacent to an activating group) is 1. The number of nitrogens with one attached hydrogen (secondary N) is 3. The van der Waals surface area contributed by atoms with Crippen LogP contribution in [0.3, 0.4) is 0 Å². The van der Waals surface area contributed by atoms with E-state index in [4.69, 9.17) is 11.6 Å². The summed E-state index contributed by atoms with van der Waals surface area (Å²) < 4.78 is 66.4. The maximum Gasteiger partial charge on any atom is 0.241 e. The Morgan fingerprint density at radius 3 is 2.50 bits per heavy atom. The first-order chi connectivity index (χ1) is 16.0. The molecule has 0 bridgehead atoms. The summed E-state index contributed by atoms with van der Waals surface area (Å²) in [7, 11) is -5.33. The van der Waals surface area contributed by atoms with Crippen LogP contribution >= 0.6 is 11.6 Å². The minimum Gasteiger partial charge on any atom is -0.300 e. The fourth-order valence-electron chi connectivity index (χ4n) is 5.47. The van der Waals surface area contributed by atoms with Gasteiger partial charge in [0.2, 0.25) is 26.0 Å². The van der Waals surface area contributed by atoms with E-state index < -0.39 is 43.4 Å². The number of hydrogen-bond donors (Lipinski definition) is 3. The van der Waals surface area contributed by atoms with Gasteiger partial charge >= 0.3 is 0 Å². The van der Waals surface area contributed by atoms with E-state index in [-0.39, 0.29) is 41.8 Å². The van der Waals surface area contributed by atoms with Gasteiger partial charge < -0.3 is 0 Å². The lowest BCUT2D eigenvalue weighted by atomic mass is 9.76. The van der Waals surface area contributed by atoms with Gasteiger partial charge in [-0.3, -0.25) is 20.4 Å². The largest absolute Gasteiger partial charge is 0.300 e. The van der Waals surface area contributed by atoms with Crippen molar-refractivity contribution in [3.05, 3.63) is 0 Å². The number of rotatable bonds is 8. The molecule has 4 rings (SSSR count). The number of halogens is 2. The van der Waals surface area contributed by atoms with Crippen LogP contribution in [0.25, 0.3) is 0 Å². The molecular weight excluding hydrogens is 509 g/mol. The Morgan fingerprint density at radius 2 is 1.88 bits per heavy atom. The highest BCUT2D eigenvalue weighted by molar-refractivity contribution is 7.90. The van der Waals surface area contributed by atoms with Gasteiger partial charge in [-0.2, -0.15) is 0 Å². The molecule has 2 saturated carbocycles. The van der Waals surface area contributed by atoms with Gasteiger partial charge in [-0.25, -0.2) is 25.5 Å². The summed E-state index contributed by atoms with van der Waals surface area (Å²) in [6.45, 7) is 1.95. The third kappa shape index (κ3) is 5.87. The zero-order valence-electron chi connectivity index (χ0n) is 19.3. The van der Waals surface area contributed by atoms with E-state index in [1.54, 1.807) is 0 Å². The standard InChI is InChI=1S/C20H35ClFN5O5S2/c1-26-10-18(23-12-26)14-7-16(19(22)17(21)8-14)20(28)24-25-33(29,30)11-13-5-6-27(9-13)34(31,32)15-3-2-4-15/h13-19,23,25H,2-12H2,1H3,(H,24,28). The van der Waals surface area contributed by atoms with Crippen LogP contribution in [0.2, 0.25) is 0 Å². The molecule has 34 heavy (non-hydrogen) atoms. The maximum absolute atomic E-state index is 14.8. The number of amides is 1. The van der Waals surface area contributed by atoms with Gasteiger partial charge in [0.1, 0.15) is 6.17 Å². The fourth-order valence-corrected chi connectivity index (χ4v) is 9.24. The SMILES string of the molecule is CN1CNC(C2CC(Cl)C(F)C(C(=O)NNS(=O)(=O)CC3CCN(S(=O)(=O)C4CCC4)C3)C2)C1. The van der Waals surface area contributed by atoms with Crippen molar-refractivity contribution < 1.29 is 26.0 Å². The molecule has 0 aromatic rings. The molecular formula is C20H35ClFN5O5S2. The molecule has 0 aromatic heterocycles. The summed E-state index contributed by atoms with van der Waals surface area (Å²) in [6, 6.07) is 0.104. The van der Waals surface area contributed by atoms with Crippen molar-refractivity contribution in [2.75, 3.05) is 39.1 Å². The number of hydrogen-bond acceptors (Lipinski definition) is 7. The summed E-state index contributed by atoms with van der Waals surface area (Å²) >= 11 is 6.22. The van der Waals surface area contributed by atoms with E-state index in [2.05, 4.69) is 20.5 Å². The predicted octanol–water partition coefficient (Wildman–Crippen LogP) is -0.0260. The number of carbonyl (C=O) groups excluding carboxylic acids is 1. The minimum absolute atomic E-state index is 0.00824. The van der Waals surface area contributed by atoms with Gasteiger partial charge in [-0.1, -0.05) is 6.42 Å². The topological polar surface area (TPSA) is 128 Å². The van der Waals surface area contributed by atoms with Crippen molar-refractivity contribution in [2.45, 2.75) is 61.4 Å². The minimum atomic E-state index is -3.92.